The van der Waals surface area contributed by atoms with E-state index in [9.17, 15) is 0 Å². The molecule has 0 radical (unpaired) electrons. The highest BCUT2D eigenvalue weighted by Crippen LogP contribution is 2.31. The standard InChI is InChI=1S/C17H18Cl2N4OS/c18-13-5-6-14(15(19)11-13)16-21-22-17(24-16)25-10-4-2-1-3-8-23-9-7-20-12-23/h5-7,9,11-12H,1-4,8,10H2. The first-order valence-corrected chi connectivity index (χ1v) is 9.84. The molecule has 0 aliphatic heterocycles. The second kappa shape index (κ2) is 9.27. The lowest BCUT2D eigenvalue weighted by Gasteiger charge is -2.02. The average Bonchev–Trinajstić information content (AvgIpc) is 3.26. The van der Waals surface area contributed by atoms with Gasteiger partial charge in [-0.15, -0.1) is 10.2 Å². The molecular formula is C17H18Cl2N4OS. The number of hydrogen-bond donors (Lipinski definition) is 0. The van der Waals surface area contributed by atoms with Crippen LogP contribution in [0.4, 0.5) is 0 Å². The minimum atomic E-state index is 0.421. The summed E-state index contributed by atoms with van der Waals surface area (Å²) >= 11 is 13.6. The lowest BCUT2D eigenvalue weighted by molar-refractivity contribution is 0.465. The highest BCUT2D eigenvalue weighted by molar-refractivity contribution is 7.99. The van der Waals surface area contributed by atoms with Crippen LogP contribution in [0.5, 0.6) is 0 Å². The second-order valence-corrected chi connectivity index (χ2v) is 7.45. The van der Waals surface area contributed by atoms with Gasteiger partial charge in [-0.25, -0.2) is 4.98 Å². The molecule has 2 heterocycles. The van der Waals surface area contributed by atoms with Crippen molar-refractivity contribution in [3.05, 3.63) is 47.0 Å². The van der Waals surface area contributed by atoms with Gasteiger partial charge in [-0.2, -0.15) is 0 Å². The monoisotopic (exact) mass is 396 g/mol. The second-order valence-electron chi connectivity index (χ2n) is 5.56. The molecule has 0 N–H and O–H groups in total. The van der Waals surface area contributed by atoms with Crippen molar-refractivity contribution in [3.63, 3.8) is 0 Å². The molecular weight excluding hydrogens is 379 g/mol. The largest absolute Gasteiger partial charge is 0.411 e. The number of halogens is 2. The van der Waals surface area contributed by atoms with E-state index in [2.05, 4.69) is 19.7 Å². The maximum Gasteiger partial charge on any atom is 0.276 e. The van der Waals surface area contributed by atoms with Gasteiger partial charge >= 0.3 is 0 Å². The molecule has 0 saturated heterocycles. The molecule has 0 bridgehead atoms. The van der Waals surface area contributed by atoms with Crippen LogP contribution in [0.2, 0.25) is 10.0 Å². The molecule has 1 aromatic carbocycles. The topological polar surface area (TPSA) is 56.7 Å². The summed E-state index contributed by atoms with van der Waals surface area (Å²) in [6, 6.07) is 5.20. The zero-order valence-electron chi connectivity index (χ0n) is 13.6. The van der Waals surface area contributed by atoms with Gasteiger partial charge in [0.1, 0.15) is 0 Å². The minimum absolute atomic E-state index is 0.421. The fourth-order valence-electron chi connectivity index (χ4n) is 2.37. The Morgan fingerprint density at radius 2 is 1.96 bits per heavy atom. The summed E-state index contributed by atoms with van der Waals surface area (Å²) < 4.78 is 7.78. The van der Waals surface area contributed by atoms with Gasteiger partial charge in [0.05, 0.1) is 16.9 Å². The third kappa shape index (κ3) is 5.49. The number of rotatable bonds is 9. The van der Waals surface area contributed by atoms with Crippen LogP contribution < -0.4 is 0 Å². The van der Waals surface area contributed by atoms with Crippen LogP contribution in [-0.4, -0.2) is 25.5 Å². The first-order chi connectivity index (χ1) is 12.2. The zero-order chi connectivity index (χ0) is 17.5. The maximum absolute atomic E-state index is 6.16. The summed E-state index contributed by atoms with van der Waals surface area (Å²) in [4.78, 5) is 4.04. The minimum Gasteiger partial charge on any atom is -0.411 e. The predicted octanol–water partition coefficient (Wildman–Crippen LogP) is 5.59. The van der Waals surface area contributed by atoms with Gasteiger partial charge < -0.3 is 8.98 Å². The van der Waals surface area contributed by atoms with Crippen molar-refractivity contribution in [2.45, 2.75) is 37.5 Å². The van der Waals surface area contributed by atoms with Gasteiger partial charge in [0.2, 0.25) is 5.89 Å². The summed E-state index contributed by atoms with van der Waals surface area (Å²) in [5.74, 6) is 1.38. The van der Waals surface area contributed by atoms with Gasteiger partial charge in [0.25, 0.3) is 5.22 Å². The Hall–Kier alpha value is -1.50. The van der Waals surface area contributed by atoms with E-state index in [0.29, 0.717) is 26.7 Å². The summed E-state index contributed by atoms with van der Waals surface area (Å²) in [6.07, 6.45) is 10.3. The van der Waals surface area contributed by atoms with Crippen LogP contribution in [0.1, 0.15) is 25.7 Å². The molecule has 8 heteroatoms. The Balaban J connectivity index is 1.37. The third-order valence-corrected chi connectivity index (χ3v) is 5.12. The van der Waals surface area contributed by atoms with Crippen molar-refractivity contribution in [2.75, 3.05) is 5.75 Å². The van der Waals surface area contributed by atoms with Crippen molar-refractivity contribution >= 4 is 35.0 Å². The quantitative estimate of drug-likeness (QED) is 0.348. The zero-order valence-corrected chi connectivity index (χ0v) is 15.9. The molecule has 0 fully saturated rings. The fraction of sp³-hybridized carbons (Fsp3) is 0.353. The van der Waals surface area contributed by atoms with Gasteiger partial charge in [0.15, 0.2) is 0 Å². The molecule has 3 rings (SSSR count). The molecule has 132 valence electrons. The Morgan fingerprint density at radius 1 is 1.08 bits per heavy atom. The molecule has 0 aliphatic carbocycles. The van der Waals surface area contributed by atoms with E-state index in [1.54, 1.807) is 30.0 Å². The van der Waals surface area contributed by atoms with Crippen LogP contribution in [0.3, 0.4) is 0 Å². The molecule has 0 spiro atoms. The van der Waals surface area contributed by atoms with Crippen molar-refractivity contribution in [1.29, 1.82) is 0 Å². The first kappa shape index (κ1) is 18.3. The van der Waals surface area contributed by atoms with E-state index < -0.39 is 0 Å². The normalized spacial score (nSPS) is 11.1. The van der Waals surface area contributed by atoms with Gasteiger partial charge in [-0.05, 0) is 31.0 Å². The van der Waals surface area contributed by atoms with E-state index in [1.807, 2.05) is 18.7 Å². The Labute approximate surface area is 160 Å². The van der Waals surface area contributed by atoms with Crippen molar-refractivity contribution < 1.29 is 4.42 Å². The van der Waals surface area contributed by atoms with Crippen LogP contribution in [-0.2, 0) is 6.54 Å². The summed E-state index contributed by atoms with van der Waals surface area (Å²) in [7, 11) is 0. The first-order valence-electron chi connectivity index (χ1n) is 8.10. The Morgan fingerprint density at radius 3 is 2.76 bits per heavy atom. The molecule has 2 aromatic heterocycles. The number of unbranched alkanes of at least 4 members (excludes halogenated alkanes) is 3. The maximum atomic E-state index is 6.16. The number of thioether (sulfide) groups is 1. The van der Waals surface area contributed by atoms with Gasteiger partial charge in [-0.3, -0.25) is 0 Å². The third-order valence-electron chi connectivity index (χ3n) is 3.66. The molecule has 0 amide bonds. The molecule has 0 atom stereocenters. The number of imidazole rings is 1. The van der Waals surface area contributed by atoms with Gasteiger partial charge in [0, 0.05) is 29.7 Å². The van der Waals surface area contributed by atoms with E-state index in [1.165, 1.54) is 19.3 Å². The number of nitrogens with zero attached hydrogens (tertiary/aromatic N) is 4. The Kier molecular flexibility index (Phi) is 6.78. The average molecular weight is 397 g/mol. The van der Waals surface area contributed by atoms with Crippen LogP contribution in [0.25, 0.3) is 11.5 Å². The predicted molar refractivity (Wildman–Crippen MR) is 101 cm³/mol. The summed E-state index contributed by atoms with van der Waals surface area (Å²) in [5.41, 5.74) is 0.699. The summed E-state index contributed by atoms with van der Waals surface area (Å²) in [5, 5.41) is 9.78. The van der Waals surface area contributed by atoms with E-state index in [-0.39, 0.29) is 0 Å². The SMILES string of the molecule is Clc1ccc(-c2nnc(SCCCCCCn3ccnc3)o2)c(Cl)c1. The van der Waals surface area contributed by atoms with Crippen molar-refractivity contribution in [3.8, 4) is 11.5 Å². The molecule has 3 aromatic rings. The number of benzene rings is 1. The summed E-state index contributed by atoms with van der Waals surface area (Å²) in [6.45, 7) is 1.03. The molecule has 0 aliphatic rings. The number of aryl methyl sites for hydroxylation is 1. The molecule has 5 nitrogen and oxygen atoms in total. The smallest absolute Gasteiger partial charge is 0.276 e. The van der Waals surface area contributed by atoms with E-state index in [4.69, 9.17) is 27.6 Å². The highest BCUT2D eigenvalue weighted by Gasteiger charge is 2.12. The van der Waals surface area contributed by atoms with Gasteiger partial charge in [-0.1, -0.05) is 47.8 Å². The van der Waals surface area contributed by atoms with E-state index in [0.717, 1.165) is 18.7 Å². The number of hydrogen-bond acceptors (Lipinski definition) is 5. The van der Waals surface area contributed by atoms with E-state index >= 15 is 0 Å². The van der Waals surface area contributed by atoms with Crippen molar-refractivity contribution in [2.24, 2.45) is 0 Å². The van der Waals surface area contributed by atoms with Crippen molar-refractivity contribution in [1.82, 2.24) is 19.7 Å². The van der Waals surface area contributed by atoms with Crippen LogP contribution in [0, 0.1) is 0 Å². The lowest BCUT2D eigenvalue weighted by atomic mass is 10.2. The van der Waals surface area contributed by atoms with Crippen LogP contribution >= 0.6 is 35.0 Å². The van der Waals surface area contributed by atoms with Crippen LogP contribution in [0.15, 0.2) is 46.6 Å². The lowest BCUT2D eigenvalue weighted by Crippen LogP contribution is -1.94. The Bertz CT molecular complexity index is 792. The number of aromatic nitrogens is 4. The highest BCUT2D eigenvalue weighted by atomic mass is 35.5. The molecule has 0 unspecified atom stereocenters. The molecule has 0 saturated carbocycles. The fourth-order valence-corrected chi connectivity index (χ4v) is 3.62. The molecule has 25 heavy (non-hydrogen) atoms.